The minimum atomic E-state index is 0.315. The molecule has 29 heavy (non-hydrogen) atoms. The Morgan fingerprint density at radius 3 is 0.966 bits per heavy atom. The average molecular weight is 410 g/mol. The standard InChI is InChI=1S/C28H59N/c1-8-11-12-13-14-15-16-17-18-19-20-21-22-23-24-25-26-29(27(4,5)9-2)28(6,7)10-3/h8-26H2,1-7H3. The third-order valence-electron chi connectivity index (χ3n) is 7.43. The fraction of sp³-hybridized carbons (Fsp3) is 1.00. The van der Waals surface area contributed by atoms with E-state index >= 15 is 0 Å². The van der Waals surface area contributed by atoms with Gasteiger partial charge in [0.25, 0.3) is 0 Å². The fourth-order valence-corrected chi connectivity index (χ4v) is 4.62. The summed E-state index contributed by atoms with van der Waals surface area (Å²) in [5, 5.41) is 0. The summed E-state index contributed by atoms with van der Waals surface area (Å²) in [6.07, 6.45) is 25.6. The van der Waals surface area contributed by atoms with E-state index in [9.17, 15) is 0 Å². The van der Waals surface area contributed by atoms with Crippen LogP contribution in [0.2, 0.25) is 0 Å². The van der Waals surface area contributed by atoms with Crippen LogP contribution in [0.15, 0.2) is 0 Å². The quantitative estimate of drug-likeness (QED) is 0.170. The molecule has 176 valence electrons. The molecule has 1 heteroatoms. The predicted octanol–water partition coefficient (Wildman–Crippen LogP) is 9.93. The van der Waals surface area contributed by atoms with Crippen LogP contribution in [0.4, 0.5) is 0 Å². The first kappa shape index (κ1) is 29.0. The van der Waals surface area contributed by atoms with Crippen molar-refractivity contribution >= 4 is 0 Å². The van der Waals surface area contributed by atoms with E-state index in [1.807, 2.05) is 0 Å². The maximum atomic E-state index is 2.78. The fourth-order valence-electron chi connectivity index (χ4n) is 4.62. The number of hydrogen-bond donors (Lipinski definition) is 0. The van der Waals surface area contributed by atoms with Gasteiger partial charge in [0.15, 0.2) is 0 Å². The zero-order chi connectivity index (χ0) is 22.0. The predicted molar refractivity (Wildman–Crippen MR) is 135 cm³/mol. The van der Waals surface area contributed by atoms with Crippen LogP contribution in [0.5, 0.6) is 0 Å². The molecular formula is C28H59N. The topological polar surface area (TPSA) is 3.24 Å². The first-order valence-corrected chi connectivity index (χ1v) is 13.6. The Kier molecular flexibility index (Phi) is 17.6. The molecule has 0 rings (SSSR count). The molecule has 0 amide bonds. The third kappa shape index (κ3) is 14.6. The summed E-state index contributed by atoms with van der Waals surface area (Å²) < 4.78 is 0. The molecule has 0 unspecified atom stereocenters. The molecule has 0 spiro atoms. The van der Waals surface area contributed by atoms with E-state index in [1.54, 1.807) is 0 Å². The molecule has 0 heterocycles. The molecule has 0 saturated carbocycles. The van der Waals surface area contributed by atoms with Crippen molar-refractivity contribution in [3.63, 3.8) is 0 Å². The van der Waals surface area contributed by atoms with Crippen molar-refractivity contribution < 1.29 is 0 Å². The smallest absolute Gasteiger partial charge is 0.0155 e. The molecule has 0 bridgehead atoms. The minimum Gasteiger partial charge on any atom is -0.293 e. The van der Waals surface area contributed by atoms with Gasteiger partial charge in [-0.2, -0.15) is 0 Å². The van der Waals surface area contributed by atoms with Gasteiger partial charge in [-0.3, -0.25) is 4.90 Å². The van der Waals surface area contributed by atoms with Crippen LogP contribution in [0.3, 0.4) is 0 Å². The highest BCUT2D eigenvalue weighted by atomic mass is 15.2. The van der Waals surface area contributed by atoms with Gasteiger partial charge >= 0.3 is 0 Å². The number of unbranched alkanes of at least 4 members (excludes halogenated alkanes) is 15. The molecule has 0 N–H and O–H groups in total. The normalized spacial score (nSPS) is 12.8. The van der Waals surface area contributed by atoms with Crippen molar-refractivity contribution in [2.45, 2.75) is 175 Å². The number of rotatable bonds is 21. The summed E-state index contributed by atoms with van der Waals surface area (Å²) in [6.45, 7) is 18.0. The lowest BCUT2D eigenvalue weighted by Gasteiger charge is -2.48. The Bertz CT molecular complexity index is 328. The lowest BCUT2D eigenvalue weighted by Crippen LogP contribution is -2.55. The van der Waals surface area contributed by atoms with Crippen molar-refractivity contribution in [3.05, 3.63) is 0 Å². The Morgan fingerprint density at radius 1 is 0.414 bits per heavy atom. The summed E-state index contributed by atoms with van der Waals surface area (Å²) in [5.41, 5.74) is 0.629. The maximum Gasteiger partial charge on any atom is 0.0155 e. The third-order valence-corrected chi connectivity index (χ3v) is 7.43. The molecule has 0 aliphatic carbocycles. The summed E-state index contributed by atoms with van der Waals surface area (Å²) in [5.74, 6) is 0. The lowest BCUT2D eigenvalue weighted by molar-refractivity contribution is 0.00963. The van der Waals surface area contributed by atoms with Gasteiger partial charge < -0.3 is 0 Å². The van der Waals surface area contributed by atoms with Crippen molar-refractivity contribution in [3.8, 4) is 0 Å². The highest BCUT2D eigenvalue weighted by molar-refractivity contribution is 4.90. The highest BCUT2D eigenvalue weighted by Gasteiger charge is 2.34. The maximum absolute atomic E-state index is 2.78. The van der Waals surface area contributed by atoms with E-state index in [-0.39, 0.29) is 0 Å². The largest absolute Gasteiger partial charge is 0.293 e. The second kappa shape index (κ2) is 17.6. The molecular weight excluding hydrogens is 350 g/mol. The van der Waals surface area contributed by atoms with E-state index in [1.165, 1.54) is 122 Å². The monoisotopic (exact) mass is 409 g/mol. The molecule has 0 aliphatic rings. The molecule has 0 fully saturated rings. The van der Waals surface area contributed by atoms with Crippen molar-refractivity contribution in [1.82, 2.24) is 4.90 Å². The molecule has 0 aromatic heterocycles. The minimum absolute atomic E-state index is 0.315. The van der Waals surface area contributed by atoms with E-state index in [0.29, 0.717) is 11.1 Å². The van der Waals surface area contributed by atoms with Gasteiger partial charge in [0, 0.05) is 11.1 Å². The van der Waals surface area contributed by atoms with Gasteiger partial charge in [0.05, 0.1) is 0 Å². The molecule has 0 aromatic rings. The summed E-state index contributed by atoms with van der Waals surface area (Å²) in [6, 6.07) is 0. The van der Waals surface area contributed by atoms with Crippen LogP contribution in [0.1, 0.15) is 164 Å². The first-order chi connectivity index (χ1) is 13.8. The van der Waals surface area contributed by atoms with Gasteiger partial charge in [0.1, 0.15) is 0 Å². The Morgan fingerprint density at radius 2 is 0.690 bits per heavy atom. The van der Waals surface area contributed by atoms with E-state index in [0.717, 1.165) is 0 Å². The highest BCUT2D eigenvalue weighted by Crippen LogP contribution is 2.30. The van der Waals surface area contributed by atoms with Gasteiger partial charge in [0.2, 0.25) is 0 Å². The van der Waals surface area contributed by atoms with Crippen molar-refractivity contribution in [2.75, 3.05) is 6.54 Å². The average Bonchev–Trinajstić information content (AvgIpc) is 2.70. The molecule has 0 radical (unpaired) electrons. The van der Waals surface area contributed by atoms with Crippen molar-refractivity contribution in [1.29, 1.82) is 0 Å². The molecule has 0 atom stereocenters. The molecule has 0 aliphatic heterocycles. The van der Waals surface area contributed by atoms with Crippen LogP contribution < -0.4 is 0 Å². The van der Waals surface area contributed by atoms with Gasteiger partial charge in [-0.1, -0.05) is 117 Å². The van der Waals surface area contributed by atoms with Crippen LogP contribution in [-0.4, -0.2) is 22.5 Å². The van der Waals surface area contributed by atoms with Crippen LogP contribution in [-0.2, 0) is 0 Å². The van der Waals surface area contributed by atoms with Crippen LogP contribution in [0.25, 0.3) is 0 Å². The van der Waals surface area contributed by atoms with Gasteiger partial charge in [-0.05, 0) is 53.5 Å². The van der Waals surface area contributed by atoms with E-state index in [2.05, 4.69) is 53.4 Å². The molecule has 1 nitrogen and oxygen atoms in total. The second-order valence-electron chi connectivity index (χ2n) is 10.8. The van der Waals surface area contributed by atoms with E-state index in [4.69, 9.17) is 0 Å². The first-order valence-electron chi connectivity index (χ1n) is 13.6. The van der Waals surface area contributed by atoms with Gasteiger partial charge in [-0.15, -0.1) is 0 Å². The SMILES string of the molecule is CCCCCCCCCCCCCCCCCCN(C(C)(C)CC)C(C)(C)CC. The number of nitrogens with zero attached hydrogens (tertiary/aromatic N) is 1. The summed E-state index contributed by atoms with van der Waals surface area (Å²) in [7, 11) is 0. The Balaban J connectivity index is 3.60. The van der Waals surface area contributed by atoms with E-state index < -0.39 is 0 Å². The van der Waals surface area contributed by atoms with Crippen molar-refractivity contribution in [2.24, 2.45) is 0 Å². The lowest BCUT2D eigenvalue weighted by atomic mass is 9.88. The second-order valence-corrected chi connectivity index (χ2v) is 10.8. The summed E-state index contributed by atoms with van der Waals surface area (Å²) in [4.78, 5) is 2.78. The van der Waals surface area contributed by atoms with Crippen LogP contribution >= 0.6 is 0 Å². The molecule has 0 saturated heterocycles. The Hall–Kier alpha value is -0.0400. The Labute approximate surface area is 186 Å². The number of hydrogen-bond acceptors (Lipinski definition) is 1. The van der Waals surface area contributed by atoms with Crippen LogP contribution in [0, 0.1) is 0 Å². The summed E-state index contributed by atoms with van der Waals surface area (Å²) >= 11 is 0. The van der Waals surface area contributed by atoms with Gasteiger partial charge in [-0.25, -0.2) is 0 Å². The molecule has 0 aromatic carbocycles. The zero-order valence-corrected chi connectivity index (χ0v) is 21.9. The zero-order valence-electron chi connectivity index (χ0n) is 21.9.